The number of anilines is 1. The predicted molar refractivity (Wildman–Crippen MR) is 122 cm³/mol. The van der Waals surface area contributed by atoms with E-state index in [9.17, 15) is 9.59 Å². The van der Waals surface area contributed by atoms with Crippen molar-refractivity contribution in [3.05, 3.63) is 76.9 Å². The van der Waals surface area contributed by atoms with E-state index >= 15 is 0 Å². The van der Waals surface area contributed by atoms with Crippen molar-refractivity contribution in [1.29, 1.82) is 0 Å². The molecule has 1 N–H and O–H groups in total. The van der Waals surface area contributed by atoms with Crippen LogP contribution in [0.15, 0.2) is 54.6 Å². The average molecular weight is 401 g/mol. The largest absolute Gasteiger partial charge is 0.349 e. The fourth-order valence-electron chi connectivity index (χ4n) is 4.27. The van der Waals surface area contributed by atoms with Crippen LogP contribution in [-0.2, 0) is 4.79 Å². The summed E-state index contributed by atoms with van der Waals surface area (Å²) in [4.78, 5) is 27.2. The molecule has 3 aromatic carbocycles. The van der Waals surface area contributed by atoms with Gasteiger partial charge >= 0.3 is 0 Å². The van der Waals surface area contributed by atoms with Gasteiger partial charge < -0.3 is 10.2 Å². The van der Waals surface area contributed by atoms with Crippen molar-refractivity contribution in [2.24, 2.45) is 0 Å². The summed E-state index contributed by atoms with van der Waals surface area (Å²) >= 11 is 0. The van der Waals surface area contributed by atoms with Gasteiger partial charge in [-0.1, -0.05) is 49.4 Å². The molecule has 0 bridgehead atoms. The second-order valence-corrected chi connectivity index (χ2v) is 8.11. The predicted octanol–water partition coefficient (Wildman–Crippen LogP) is 5.46. The van der Waals surface area contributed by atoms with Gasteiger partial charge in [0.05, 0.1) is 11.7 Å². The fourth-order valence-corrected chi connectivity index (χ4v) is 4.27. The number of amides is 2. The summed E-state index contributed by atoms with van der Waals surface area (Å²) in [5.41, 5.74) is 5.35. The van der Waals surface area contributed by atoms with E-state index in [0.717, 1.165) is 34.0 Å². The SMILES string of the molecule is CC[C@H](NC(=O)CCCN1C(=O)c2cccc3cccc1c23)c1ccc(C)c(C)c1. The highest BCUT2D eigenvalue weighted by atomic mass is 16.2. The van der Waals surface area contributed by atoms with E-state index in [2.05, 4.69) is 44.3 Å². The molecule has 0 saturated heterocycles. The minimum Gasteiger partial charge on any atom is -0.349 e. The Morgan fingerprint density at radius 2 is 1.80 bits per heavy atom. The zero-order valence-corrected chi connectivity index (χ0v) is 17.9. The van der Waals surface area contributed by atoms with Crippen molar-refractivity contribution in [2.45, 2.75) is 46.1 Å². The van der Waals surface area contributed by atoms with Crippen LogP contribution in [0, 0.1) is 13.8 Å². The molecule has 30 heavy (non-hydrogen) atoms. The van der Waals surface area contributed by atoms with Crippen LogP contribution in [0.1, 0.15) is 59.3 Å². The minimum atomic E-state index is 0.0169. The first kappa shape index (κ1) is 20.1. The summed E-state index contributed by atoms with van der Waals surface area (Å²) in [6.45, 7) is 6.82. The standard InChI is InChI=1S/C26H28N2O2/c1-4-22(20-14-13-17(2)18(3)16-20)27-24(29)12-7-15-28-23-11-6-9-19-8-5-10-21(25(19)23)26(28)30/h5-6,8-11,13-14,16,22H,4,7,12,15H2,1-3H3,(H,27,29)/t22-/m0/s1. The lowest BCUT2D eigenvalue weighted by Gasteiger charge is -2.20. The highest BCUT2D eigenvalue weighted by Gasteiger charge is 2.29. The van der Waals surface area contributed by atoms with Crippen molar-refractivity contribution in [3.63, 3.8) is 0 Å². The normalized spacial score (nSPS) is 13.7. The molecule has 1 aliphatic heterocycles. The van der Waals surface area contributed by atoms with Gasteiger partial charge in [-0.05, 0) is 60.9 Å². The zero-order valence-electron chi connectivity index (χ0n) is 17.9. The number of carbonyl (C=O) groups is 2. The molecule has 154 valence electrons. The summed E-state index contributed by atoms with van der Waals surface area (Å²) < 4.78 is 0. The Kier molecular flexibility index (Phi) is 5.58. The van der Waals surface area contributed by atoms with Gasteiger partial charge in [0.15, 0.2) is 0 Å². The molecule has 1 heterocycles. The molecule has 3 aromatic rings. The van der Waals surface area contributed by atoms with E-state index < -0.39 is 0 Å². The van der Waals surface area contributed by atoms with Crippen molar-refractivity contribution in [2.75, 3.05) is 11.4 Å². The Hall–Kier alpha value is -3.14. The van der Waals surface area contributed by atoms with Crippen LogP contribution in [0.4, 0.5) is 5.69 Å². The molecular formula is C26H28N2O2. The van der Waals surface area contributed by atoms with E-state index in [0.29, 0.717) is 19.4 Å². The molecule has 0 spiro atoms. The maximum Gasteiger partial charge on any atom is 0.258 e. The van der Waals surface area contributed by atoms with Gasteiger partial charge in [-0.3, -0.25) is 9.59 Å². The molecule has 4 heteroatoms. The highest BCUT2D eigenvalue weighted by Crippen LogP contribution is 2.37. The van der Waals surface area contributed by atoms with Gasteiger partial charge in [-0.2, -0.15) is 0 Å². The van der Waals surface area contributed by atoms with Crippen LogP contribution in [0.2, 0.25) is 0 Å². The number of rotatable bonds is 7. The van der Waals surface area contributed by atoms with E-state index in [1.807, 2.05) is 41.3 Å². The molecule has 0 aliphatic carbocycles. The molecule has 4 rings (SSSR count). The Balaban J connectivity index is 1.38. The number of hydrogen-bond acceptors (Lipinski definition) is 2. The third-order valence-corrected chi connectivity index (χ3v) is 6.11. The van der Waals surface area contributed by atoms with E-state index in [4.69, 9.17) is 0 Å². The summed E-state index contributed by atoms with van der Waals surface area (Å²) in [7, 11) is 0. The minimum absolute atomic E-state index is 0.0169. The summed E-state index contributed by atoms with van der Waals surface area (Å²) in [6.07, 6.45) is 1.87. The van der Waals surface area contributed by atoms with Crippen LogP contribution < -0.4 is 10.2 Å². The lowest BCUT2D eigenvalue weighted by Crippen LogP contribution is -2.31. The van der Waals surface area contributed by atoms with Crippen LogP contribution in [0.5, 0.6) is 0 Å². The topological polar surface area (TPSA) is 49.4 Å². The third kappa shape index (κ3) is 3.70. The maximum atomic E-state index is 12.8. The molecule has 0 unspecified atom stereocenters. The number of nitrogens with zero attached hydrogens (tertiary/aromatic N) is 1. The molecule has 2 amide bonds. The fraction of sp³-hybridized carbons (Fsp3) is 0.308. The Morgan fingerprint density at radius 1 is 1.03 bits per heavy atom. The Morgan fingerprint density at radius 3 is 2.53 bits per heavy atom. The number of hydrogen-bond donors (Lipinski definition) is 1. The third-order valence-electron chi connectivity index (χ3n) is 6.11. The summed E-state index contributed by atoms with van der Waals surface area (Å²) in [6, 6.07) is 18.2. The van der Waals surface area contributed by atoms with Gasteiger partial charge in [-0.25, -0.2) is 0 Å². The lowest BCUT2D eigenvalue weighted by atomic mass is 9.99. The Bertz CT molecular complexity index is 1110. The van der Waals surface area contributed by atoms with Gasteiger partial charge in [0.25, 0.3) is 5.91 Å². The van der Waals surface area contributed by atoms with E-state index in [1.165, 1.54) is 11.1 Å². The van der Waals surface area contributed by atoms with Crippen molar-refractivity contribution in [1.82, 2.24) is 5.32 Å². The van der Waals surface area contributed by atoms with E-state index in [-0.39, 0.29) is 17.9 Å². The molecule has 4 nitrogen and oxygen atoms in total. The van der Waals surface area contributed by atoms with Crippen molar-refractivity contribution < 1.29 is 9.59 Å². The van der Waals surface area contributed by atoms with Gasteiger partial charge in [0.2, 0.25) is 5.91 Å². The van der Waals surface area contributed by atoms with Crippen LogP contribution in [0.3, 0.4) is 0 Å². The summed E-state index contributed by atoms with van der Waals surface area (Å²) in [5, 5.41) is 5.27. The first-order valence-electron chi connectivity index (χ1n) is 10.7. The number of nitrogens with one attached hydrogen (secondary N) is 1. The molecule has 1 atom stereocenters. The van der Waals surface area contributed by atoms with Crippen molar-refractivity contribution in [3.8, 4) is 0 Å². The van der Waals surface area contributed by atoms with Gasteiger partial charge in [0.1, 0.15) is 0 Å². The van der Waals surface area contributed by atoms with Gasteiger partial charge in [0, 0.05) is 23.9 Å². The average Bonchev–Trinajstić information content (AvgIpc) is 3.02. The molecule has 1 aliphatic rings. The molecule has 0 fully saturated rings. The zero-order chi connectivity index (χ0) is 21.3. The first-order valence-corrected chi connectivity index (χ1v) is 10.7. The van der Waals surface area contributed by atoms with Crippen LogP contribution in [0.25, 0.3) is 10.8 Å². The molecule has 0 aromatic heterocycles. The number of aryl methyl sites for hydroxylation is 2. The maximum absolute atomic E-state index is 12.8. The lowest BCUT2D eigenvalue weighted by molar-refractivity contribution is -0.121. The van der Waals surface area contributed by atoms with Crippen LogP contribution in [-0.4, -0.2) is 18.4 Å². The number of carbonyl (C=O) groups excluding carboxylic acids is 2. The highest BCUT2D eigenvalue weighted by molar-refractivity contribution is 6.25. The molecule has 0 radical (unpaired) electrons. The second-order valence-electron chi connectivity index (χ2n) is 8.11. The number of benzene rings is 3. The van der Waals surface area contributed by atoms with Crippen LogP contribution >= 0.6 is 0 Å². The van der Waals surface area contributed by atoms with Gasteiger partial charge in [-0.15, -0.1) is 0 Å². The molecule has 0 saturated carbocycles. The monoisotopic (exact) mass is 400 g/mol. The quantitative estimate of drug-likeness (QED) is 0.572. The van der Waals surface area contributed by atoms with Crippen molar-refractivity contribution >= 4 is 28.3 Å². The Labute approximate surface area is 177 Å². The second kappa shape index (κ2) is 8.31. The molecular weight excluding hydrogens is 372 g/mol. The summed E-state index contributed by atoms with van der Waals surface area (Å²) in [5.74, 6) is 0.0613. The smallest absolute Gasteiger partial charge is 0.258 e. The van der Waals surface area contributed by atoms with E-state index in [1.54, 1.807) is 0 Å². The first-order chi connectivity index (χ1) is 14.5.